The van der Waals surface area contributed by atoms with Crippen molar-refractivity contribution in [1.82, 2.24) is 5.32 Å². The van der Waals surface area contributed by atoms with Gasteiger partial charge in [0.2, 0.25) is 0 Å². The number of rotatable bonds is 5. The van der Waals surface area contributed by atoms with Crippen molar-refractivity contribution in [1.29, 1.82) is 0 Å². The molecule has 0 heterocycles. The van der Waals surface area contributed by atoms with E-state index in [9.17, 15) is 9.90 Å². The number of hydrogen-bond acceptors (Lipinski definition) is 2. The molecule has 0 saturated heterocycles. The Kier molecular flexibility index (Phi) is 5.53. The second-order valence-corrected chi connectivity index (χ2v) is 5.79. The summed E-state index contributed by atoms with van der Waals surface area (Å²) in [5.41, 5.74) is 2.62. The second kappa shape index (κ2) is 7.38. The van der Waals surface area contributed by atoms with Crippen LogP contribution in [0.4, 0.5) is 0 Å². The van der Waals surface area contributed by atoms with E-state index in [1.807, 2.05) is 55.5 Å². The van der Waals surface area contributed by atoms with Crippen LogP contribution >= 0.6 is 15.9 Å². The van der Waals surface area contributed by atoms with E-state index in [1.165, 1.54) is 0 Å². The number of hydrogen-bond donors (Lipinski definition) is 2. The van der Waals surface area contributed by atoms with E-state index in [2.05, 4.69) is 21.2 Å². The third-order valence-electron chi connectivity index (χ3n) is 3.29. The minimum Gasteiger partial charge on any atom is -0.396 e. The largest absolute Gasteiger partial charge is 0.396 e. The summed E-state index contributed by atoms with van der Waals surface area (Å²) >= 11 is 3.41. The highest BCUT2D eigenvalue weighted by Crippen LogP contribution is 2.21. The number of carbonyl (C=O) groups excluding carboxylic acids is 1. The summed E-state index contributed by atoms with van der Waals surface area (Å²) in [6, 6.07) is 15.1. The molecule has 2 aromatic carbocycles. The van der Waals surface area contributed by atoms with Crippen molar-refractivity contribution in [2.75, 3.05) is 6.61 Å². The van der Waals surface area contributed by atoms with Gasteiger partial charge in [-0.15, -0.1) is 0 Å². The number of aliphatic hydroxyl groups excluding tert-OH is 1. The third kappa shape index (κ3) is 4.16. The molecule has 21 heavy (non-hydrogen) atoms. The normalized spacial score (nSPS) is 12.0. The number of halogens is 1. The van der Waals surface area contributed by atoms with Crippen molar-refractivity contribution >= 4 is 21.8 Å². The lowest BCUT2D eigenvalue weighted by Crippen LogP contribution is -2.29. The lowest BCUT2D eigenvalue weighted by atomic mass is 10.0. The molecule has 3 nitrogen and oxygen atoms in total. The molecule has 0 unspecified atom stereocenters. The number of aryl methyl sites for hydroxylation is 1. The summed E-state index contributed by atoms with van der Waals surface area (Å²) < 4.78 is 0.765. The van der Waals surface area contributed by atoms with E-state index in [4.69, 9.17) is 0 Å². The minimum absolute atomic E-state index is 0.0226. The van der Waals surface area contributed by atoms with Crippen LogP contribution in [-0.4, -0.2) is 17.6 Å². The quantitative estimate of drug-likeness (QED) is 0.867. The Morgan fingerprint density at radius 3 is 2.62 bits per heavy atom. The Hall–Kier alpha value is -1.65. The molecule has 0 fully saturated rings. The maximum atomic E-state index is 12.5. The van der Waals surface area contributed by atoms with Gasteiger partial charge in [-0.05, 0) is 47.0 Å². The van der Waals surface area contributed by atoms with E-state index in [-0.39, 0.29) is 18.6 Å². The maximum Gasteiger partial charge on any atom is 0.252 e. The zero-order valence-electron chi connectivity index (χ0n) is 11.8. The monoisotopic (exact) mass is 347 g/mol. The Labute approximate surface area is 133 Å². The average molecular weight is 348 g/mol. The van der Waals surface area contributed by atoms with Gasteiger partial charge in [-0.3, -0.25) is 4.79 Å². The fraction of sp³-hybridized carbons (Fsp3) is 0.235. The fourth-order valence-electron chi connectivity index (χ4n) is 2.19. The first kappa shape index (κ1) is 15.7. The highest BCUT2D eigenvalue weighted by molar-refractivity contribution is 9.10. The molecule has 0 radical (unpaired) electrons. The number of amides is 1. The summed E-state index contributed by atoms with van der Waals surface area (Å²) in [4.78, 5) is 12.5. The summed E-state index contributed by atoms with van der Waals surface area (Å²) in [6.45, 7) is 1.97. The molecule has 1 atom stereocenters. The van der Waals surface area contributed by atoms with Crippen LogP contribution in [0.3, 0.4) is 0 Å². The molecule has 2 aromatic rings. The van der Waals surface area contributed by atoms with Gasteiger partial charge in [0.25, 0.3) is 5.91 Å². The standard InChI is InChI=1S/C17H18BrNO2/c1-12-7-8-15(18)14(11-12)17(21)19-16(9-10-20)13-5-3-2-4-6-13/h2-8,11,16,20H,9-10H2,1H3,(H,19,21)/t16-/m1/s1. The van der Waals surface area contributed by atoms with E-state index >= 15 is 0 Å². The van der Waals surface area contributed by atoms with E-state index < -0.39 is 0 Å². The predicted molar refractivity (Wildman–Crippen MR) is 87.2 cm³/mol. The Bertz CT molecular complexity index is 613. The van der Waals surface area contributed by atoms with Crippen LogP contribution in [0.1, 0.15) is 33.9 Å². The molecular weight excluding hydrogens is 330 g/mol. The van der Waals surface area contributed by atoms with Crippen LogP contribution in [0, 0.1) is 6.92 Å². The second-order valence-electron chi connectivity index (χ2n) is 4.93. The van der Waals surface area contributed by atoms with Crippen molar-refractivity contribution < 1.29 is 9.90 Å². The molecular formula is C17H18BrNO2. The van der Waals surface area contributed by atoms with E-state index in [0.717, 1.165) is 15.6 Å². The number of aliphatic hydroxyl groups is 1. The Morgan fingerprint density at radius 2 is 1.95 bits per heavy atom. The summed E-state index contributed by atoms with van der Waals surface area (Å²) in [5, 5.41) is 12.2. The molecule has 4 heteroatoms. The van der Waals surface area contributed by atoms with Crippen LogP contribution in [0.5, 0.6) is 0 Å². The molecule has 0 aliphatic carbocycles. The molecule has 0 aromatic heterocycles. The molecule has 2 rings (SSSR count). The molecule has 1 amide bonds. The number of benzene rings is 2. The highest BCUT2D eigenvalue weighted by Gasteiger charge is 2.17. The average Bonchev–Trinajstić information content (AvgIpc) is 2.50. The minimum atomic E-state index is -0.198. The first-order valence-electron chi connectivity index (χ1n) is 6.84. The number of carbonyl (C=O) groups is 1. The molecule has 110 valence electrons. The van der Waals surface area contributed by atoms with Gasteiger partial charge in [0.1, 0.15) is 0 Å². The zero-order chi connectivity index (χ0) is 15.2. The third-order valence-corrected chi connectivity index (χ3v) is 3.98. The van der Waals surface area contributed by atoms with Crippen LogP contribution in [0.25, 0.3) is 0 Å². The van der Waals surface area contributed by atoms with Gasteiger partial charge in [0, 0.05) is 11.1 Å². The summed E-state index contributed by atoms with van der Waals surface area (Å²) in [6.07, 6.45) is 0.485. The molecule has 0 aliphatic rings. The Morgan fingerprint density at radius 1 is 1.24 bits per heavy atom. The van der Waals surface area contributed by atoms with Crippen LogP contribution in [-0.2, 0) is 0 Å². The van der Waals surface area contributed by atoms with Crippen molar-refractivity contribution in [3.63, 3.8) is 0 Å². The SMILES string of the molecule is Cc1ccc(Br)c(C(=O)N[C@H](CCO)c2ccccc2)c1. The van der Waals surface area contributed by atoms with Gasteiger partial charge >= 0.3 is 0 Å². The van der Waals surface area contributed by atoms with Crippen molar-refractivity contribution in [2.45, 2.75) is 19.4 Å². The van der Waals surface area contributed by atoms with Crippen LogP contribution in [0.15, 0.2) is 53.0 Å². The van der Waals surface area contributed by atoms with Gasteiger partial charge < -0.3 is 10.4 Å². The molecule has 0 aliphatic heterocycles. The molecule has 0 spiro atoms. The van der Waals surface area contributed by atoms with Crippen LogP contribution in [0.2, 0.25) is 0 Å². The van der Waals surface area contributed by atoms with Gasteiger partial charge in [-0.2, -0.15) is 0 Å². The van der Waals surface area contributed by atoms with Crippen molar-refractivity contribution in [3.8, 4) is 0 Å². The summed E-state index contributed by atoms with van der Waals surface area (Å²) in [7, 11) is 0. The van der Waals surface area contributed by atoms with Gasteiger partial charge in [-0.1, -0.05) is 42.0 Å². The lowest BCUT2D eigenvalue weighted by molar-refractivity contribution is 0.0929. The van der Waals surface area contributed by atoms with E-state index in [1.54, 1.807) is 0 Å². The van der Waals surface area contributed by atoms with E-state index in [0.29, 0.717) is 12.0 Å². The van der Waals surface area contributed by atoms with Gasteiger partial charge in [0.15, 0.2) is 0 Å². The highest BCUT2D eigenvalue weighted by atomic mass is 79.9. The first-order chi connectivity index (χ1) is 10.1. The van der Waals surface area contributed by atoms with Crippen molar-refractivity contribution in [2.24, 2.45) is 0 Å². The molecule has 0 bridgehead atoms. The topological polar surface area (TPSA) is 49.3 Å². The van der Waals surface area contributed by atoms with Crippen LogP contribution < -0.4 is 5.32 Å². The predicted octanol–water partition coefficient (Wildman–Crippen LogP) is 3.61. The smallest absolute Gasteiger partial charge is 0.252 e. The Balaban J connectivity index is 2.20. The first-order valence-corrected chi connectivity index (χ1v) is 7.64. The zero-order valence-corrected chi connectivity index (χ0v) is 13.4. The lowest BCUT2D eigenvalue weighted by Gasteiger charge is -2.19. The maximum absolute atomic E-state index is 12.5. The molecule has 2 N–H and O–H groups in total. The summed E-state index contributed by atoms with van der Waals surface area (Å²) in [5.74, 6) is -0.145. The van der Waals surface area contributed by atoms with Gasteiger partial charge in [-0.25, -0.2) is 0 Å². The fourth-order valence-corrected chi connectivity index (χ4v) is 2.61. The number of nitrogens with one attached hydrogen (secondary N) is 1. The van der Waals surface area contributed by atoms with Crippen molar-refractivity contribution in [3.05, 3.63) is 69.7 Å². The molecule has 0 saturated carbocycles. The van der Waals surface area contributed by atoms with Gasteiger partial charge in [0.05, 0.1) is 11.6 Å².